The molecule has 26 heavy (non-hydrogen) atoms. The van der Waals surface area contributed by atoms with Crippen LogP contribution >= 0.6 is 11.3 Å². The number of aromatic nitrogens is 2. The van der Waals surface area contributed by atoms with Crippen molar-refractivity contribution in [3.63, 3.8) is 0 Å². The summed E-state index contributed by atoms with van der Waals surface area (Å²) in [6.07, 6.45) is 1.62. The normalized spacial score (nSPS) is 14.7. The zero-order chi connectivity index (χ0) is 18.9. The van der Waals surface area contributed by atoms with Crippen LogP contribution in [-0.4, -0.2) is 37.7 Å². The van der Waals surface area contributed by atoms with Crippen LogP contribution in [0.3, 0.4) is 0 Å². The largest absolute Gasteiger partial charge is 0.516 e. The van der Waals surface area contributed by atoms with Crippen molar-refractivity contribution in [2.24, 2.45) is 0 Å². The van der Waals surface area contributed by atoms with E-state index in [0.717, 1.165) is 24.9 Å². The van der Waals surface area contributed by atoms with Crippen molar-refractivity contribution in [3.8, 4) is 0 Å². The van der Waals surface area contributed by atoms with E-state index in [1.807, 2.05) is 4.90 Å². The Morgan fingerprint density at radius 2 is 2.00 bits per heavy atom. The number of benzene rings is 1. The third-order valence-electron chi connectivity index (χ3n) is 3.78. The molecule has 0 bridgehead atoms. The first kappa shape index (κ1) is 18.5. The summed E-state index contributed by atoms with van der Waals surface area (Å²) in [7, 11) is -3.75. The van der Waals surface area contributed by atoms with Crippen molar-refractivity contribution in [1.82, 2.24) is 10.2 Å². The number of anilines is 4. The van der Waals surface area contributed by atoms with Gasteiger partial charge in [0.05, 0.1) is 11.4 Å². The summed E-state index contributed by atoms with van der Waals surface area (Å²) < 4.78 is 63.0. The molecule has 0 aliphatic carbocycles. The highest BCUT2D eigenvalue weighted by Gasteiger charge is 2.46. The SMILES string of the molecule is CN1CCCc2cc(NNc3nncs3)c(NS(=O)(=O)C(F)(F)F)cc21. The summed E-state index contributed by atoms with van der Waals surface area (Å²) in [6, 6.07) is 3.01. The van der Waals surface area contributed by atoms with Gasteiger partial charge < -0.3 is 4.90 Å². The molecule has 13 heteroatoms. The summed E-state index contributed by atoms with van der Waals surface area (Å²) in [5, 5.41) is 7.75. The molecule has 3 rings (SSSR count). The number of alkyl halides is 3. The van der Waals surface area contributed by atoms with E-state index in [1.165, 1.54) is 22.9 Å². The van der Waals surface area contributed by atoms with Gasteiger partial charge >= 0.3 is 15.5 Å². The van der Waals surface area contributed by atoms with E-state index >= 15 is 0 Å². The smallest absolute Gasteiger partial charge is 0.374 e. The second-order valence-electron chi connectivity index (χ2n) is 5.60. The van der Waals surface area contributed by atoms with Crippen LogP contribution in [-0.2, 0) is 16.4 Å². The van der Waals surface area contributed by atoms with Crippen LogP contribution < -0.4 is 20.5 Å². The molecule has 2 aromatic rings. The van der Waals surface area contributed by atoms with Gasteiger partial charge in [-0.15, -0.1) is 10.2 Å². The van der Waals surface area contributed by atoms with E-state index < -0.39 is 15.5 Å². The van der Waals surface area contributed by atoms with Gasteiger partial charge in [0.25, 0.3) is 0 Å². The van der Waals surface area contributed by atoms with Gasteiger partial charge in [-0.3, -0.25) is 15.6 Å². The lowest BCUT2D eigenvalue weighted by Crippen LogP contribution is -2.31. The first-order chi connectivity index (χ1) is 12.2. The van der Waals surface area contributed by atoms with Gasteiger partial charge in [-0.2, -0.15) is 21.6 Å². The van der Waals surface area contributed by atoms with E-state index in [4.69, 9.17) is 0 Å². The Bertz CT molecular complexity index is 886. The molecular formula is C13H15F3N6O2S2. The quantitative estimate of drug-likeness (QED) is 0.654. The fourth-order valence-corrected chi connectivity index (χ4v) is 3.53. The number of hydrogen-bond donors (Lipinski definition) is 3. The van der Waals surface area contributed by atoms with Crippen molar-refractivity contribution >= 4 is 43.6 Å². The Balaban J connectivity index is 1.97. The summed E-state index contributed by atoms with van der Waals surface area (Å²) in [6.45, 7) is 0.730. The number of fused-ring (bicyclic) bond motifs is 1. The van der Waals surface area contributed by atoms with E-state index in [-0.39, 0.29) is 11.4 Å². The zero-order valence-electron chi connectivity index (χ0n) is 13.5. The standard InChI is InChI=1S/C13H15F3N6O2S2/c1-22-4-2-3-8-5-9(18-20-12-19-17-7-25-12)10(6-11(8)22)21-26(23,24)13(14,15)16/h5-7,18,21H,2-4H2,1H3,(H,19,20). The monoisotopic (exact) mass is 408 g/mol. The molecule has 0 spiro atoms. The zero-order valence-corrected chi connectivity index (χ0v) is 15.1. The minimum Gasteiger partial charge on any atom is -0.374 e. The van der Waals surface area contributed by atoms with Crippen molar-refractivity contribution in [1.29, 1.82) is 0 Å². The number of sulfonamides is 1. The maximum atomic E-state index is 12.8. The van der Waals surface area contributed by atoms with Crippen molar-refractivity contribution in [3.05, 3.63) is 23.2 Å². The molecule has 0 unspecified atom stereocenters. The van der Waals surface area contributed by atoms with E-state index in [2.05, 4.69) is 21.0 Å². The topological polar surface area (TPSA) is 99.2 Å². The molecule has 0 atom stereocenters. The molecule has 8 nitrogen and oxygen atoms in total. The molecule has 1 aromatic carbocycles. The number of hydrazine groups is 1. The van der Waals surface area contributed by atoms with Crippen molar-refractivity contribution in [2.45, 2.75) is 18.3 Å². The molecule has 3 N–H and O–H groups in total. The summed E-state index contributed by atoms with van der Waals surface area (Å²) in [4.78, 5) is 1.87. The number of halogens is 3. The lowest BCUT2D eigenvalue weighted by atomic mass is 10.0. The first-order valence-electron chi connectivity index (χ1n) is 7.43. The molecule has 0 radical (unpaired) electrons. The number of rotatable bonds is 5. The molecule has 0 fully saturated rings. The predicted octanol–water partition coefficient (Wildman–Crippen LogP) is 2.62. The molecule has 1 aliphatic rings. The Kier molecular flexibility index (Phi) is 4.84. The molecule has 0 saturated carbocycles. The van der Waals surface area contributed by atoms with Gasteiger partial charge in [-0.05, 0) is 30.5 Å². The summed E-state index contributed by atoms with van der Waals surface area (Å²) in [5.74, 6) is 0. The number of hydrogen-bond acceptors (Lipinski definition) is 8. The highest BCUT2D eigenvalue weighted by atomic mass is 32.2. The van der Waals surface area contributed by atoms with Crippen LogP contribution in [0.15, 0.2) is 17.6 Å². The number of nitrogens with one attached hydrogen (secondary N) is 3. The van der Waals surface area contributed by atoms with Gasteiger partial charge in [0.2, 0.25) is 5.13 Å². The molecular weight excluding hydrogens is 393 g/mol. The van der Waals surface area contributed by atoms with Crippen LogP contribution in [0.4, 0.5) is 35.4 Å². The Morgan fingerprint density at radius 3 is 2.65 bits per heavy atom. The average molecular weight is 408 g/mol. The molecule has 142 valence electrons. The van der Waals surface area contributed by atoms with Gasteiger partial charge in [-0.25, -0.2) is 0 Å². The lowest BCUT2D eigenvalue weighted by molar-refractivity contribution is -0.0429. The van der Waals surface area contributed by atoms with Crippen molar-refractivity contribution in [2.75, 3.05) is 34.1 Å². The number of nitrogens with zero attached hydrogens (tertiary/aromatic N) is 3. The van der Waals surface area contributed by atoms with Crippen LogP contribution in [0, 0.1) is 0 Å². The average Bonchev–Trinajstić information content (AvgIpc) is 3.06. The molecule has 0 amide bonds. The van der Waals surface area contributed by atoms with Crippen molar-refractivity contribution < 1.29 is 21.6 Å². The van der Waals surface area contributed by atoms with Crippen LogP contribution in [0.25, 0.3) is 0 Å². The Labute approximate surface area is 151 Å². The first-order valence-corrected chi connectivity index (χ1v) is 9.79. The summed E-state index contributed by atoms with van der Waals surface area (Å²) in [5.41, 5.74) is 2.96. The Morgan fingerprint density at radius 1 is 1.23 bits per heavy atom. The van der Waals surface area contributed by atoms with E-state index in [0.29, 0.717) is 10.8 Å². The van der Waals surface area contributed by atoms with Crippen LogP contribution in [0.1, 0.15) is 12.0 Å². The highest BCUT2D eigenvalue weighted by molar-refractivity contribution is 7.93. The van der Waals surface area contributed by atoms with E-state index in [9.17, 15) is 21.6 Å². The third-order valence-corrected chi connectivity index (χ3v) is 5.49. The number of aryl methyl sites for hydroxylation is 1. The minimum absolute atomic E-state index is 0.155. The Hall–Kier alpha value is -2.28. The summed E-state index contributed by atoms with van der Waals surface area (Å²) >= 11 is 1.17. The van der Waals surface area contributed by atoms with Gasteiger partial charge in [0, 0.05) is 19.3 Å². The maximum Gasteiger partial charge on any atom is 0.516 e. The third kappa shape index (κ3) is 3.77. The van der Waals surface area contributed by atoms with Gasteiger partial charge in [-0.1, -0.05) is 11.3 Å². The lowest BCUT2D eigenvalue weighted by Gasteiger charge is -2.29. The highest BCUT2D eigenvalue weighted by Crippen LogP contribution is 2.37. The second-order valence-corrected chi connectivity index (χ2v) is 8.10. The van der Waals surface area contributed by atoms with Crippen LogP contribution in [0.2, 0.25) is 0 Å². The van der Waals surface area contributed by atoms with Gasteiger partial charge in [0.1, 0.15) is 5.51 Å². The fourth-order valence-electron chi connectivity index (χ4n) is 2.55. The molecule has 1 aliphatic heterocycles. The van der Waals surface area contributed by atoms with Crippen LogP contribution in [0.5, 0.6) is 0 Å². The fraction of sp³-hybridized carbons (Fsp3) is 0.385. The van der Waals surface area contributed by atoms with Gasteiger partial charge in [0.15, 0.2) is 0 Å². The molecule has 0 saturated heterocycles. The maximum absolute atomic E-state index is 12.8. The predicted molar refractivity (Wildman–Crippen MR) is 93.8 cm³/mol. The van der Waals surface area contributed by atoms with E-state index in [1.54, 1.807) is 17.8 Å². The molecule has 2 heterocycles. The minimum atomic E-state index is -5.55. The second kappa shape index (κ2) is 6.79. The molecule has 1 aromatic heterocycles.